The van der Waals surface area contributed by atoms with Crippen LogP contribution in [0.25, 0.3) is 0 Å². The molecule has 0 N–H and O–H groups in total. The Morgan fingerprint density at radius 2 is 2.00 bits per heavy atom. The SMILES string of the molecule is COC(C)(C)CN1CC2CCCCN2CC1C. The fourth-order valence-electron chi connectivity index (χ4n) is 3.19. The summed E-state index contributed by atoms with van der Waals surface area (Å²) in [4.78, 5) is 5.32. The average Bonchev–Trinajstić information content (AvgIpc) is 2.30. The summed E-state index contributed by atoms with van der Waals surface area (Å²) in [6.45, 7) is 11.6. The summed E-state index contributed by atoms with van der Waals surface area (Å²) >= 11 is 0. The van der Waals surface area contributed by atoms with Crippen LogP contribution in [0.5, 0.6) is 0 Å². The molecule has 0 aromatic heterocycles. The van der Waals surface area contributed by atoms with Gasteiger partial charge in [-0.05, 0) is 40.2 Å². The van der Waals surface area contributed by atoms with Gasteiger partial charge in [0.1, 0.15) is 0 Å². The van der Waals surface area contributed by atoms with Crippen molar-refractivity contribution in [3.05, 3.63) is 0 Å². The normalized spacial score (nSPS) is 32.5. The van der Waals surface area contributed by atoms with Crippen LogP contribution in [-0.4, -0.2) is 60.8 Å². The lowest BCUT2D eigenvalue weighted by Crippen LogP contribution is -2.60. The van der Waals surface area contributed by atoms with Crippen molar-refractivity contribution >= 4 is 0 Å². The van der Waals surface area contributed by atoms with Crippen molar-refractivity contribution in [1.29, 1.82) is 0 Å². The molecular formula is C14H28N2O. The van der Waals surface area contributed by atoms with E-state index in [1.54, 1.807) is 0 Å². The van der Waals surface area contributed by atoms with E-state index in [1.807, 2.05) is 7.11 Å². The van der Waals surface area contributed by atoms with E-state index in [-0.39, 0.29) is 5.60 Å². The quantitative estimate of drug-likeness (QED) is 0.750. The lowest BCUT2D eigenvalue weighted by atomic mass is 9.96. The van der Waals surface area contributed by atoms with E-state index in [2.05, 4.69) is 30.6 Å². The first-order valence-electron chi connectivity index (χ1n) is 7.05. The molecule has 0 bridgehead atoms. The van der Waals surface area contributed by atoms with Gasteiger partial charge in [-0.2, -0.15) is 0 Å². The fraction of sp³-hybridized carbons (Fsp3) is 1.00. The van der Waals surface area contributed by atoms with E-state index in [9.17, 15) is 0 Å². The van der Waals surface area contributed by atoms with Gasteiger partial charge in [-0.15, -0.1) is 0 Å². The van der Waals surface area contributed by atoms with Crippen LogP contribution in [0.15, 0.2) is 0 Å². The molecular weight excluding hydrogens is 212 g/mol. The Morgan fingerprint density at radius 1 is 1.24 bits per heavy atom. The molecule has 0 amide bonds. The second-order valence-electron chi connectivity index (χ2n) is 6.39. The lowest BCUT2D eigenvalue weighted by Gasteiger charge is -2.49. The summed E-state index contributed by atoms with van der Waals surface area (Å²) in [5.41, 5.74) is -0.0227. The number of rotatable bonds is 3. The van der Waals surface area contributed by atoms with Crippen molar-refractivity contribution < 1.29 is 4.74 Å². The molecule has 2 heterocycles. The predicted octanol–water partition coefficient (Wildman–Crippen LogP) is 1.97. The molecule has 2 fully saturated rings. The Morgan fingerprint density at radius 3 is 2.71 bits per heavy atom. The van der Waals surface area contributed by atoms with Gasteiger partial charge in [-0.3, -0.25) is 9.80 Å². The highest BCUT2D eigenvalue weighted by molar-refractivity contribution is 4.91. The molecule has 0 aromatic rings. The molecule has 3 heteroatoms. The number of piperazine rings is 1. The minimum absolute atomic E-state index is 0.0227. The summed E-state index contributed by atoms with van der Waals surface area (Å²) in [6, 6.07) is 1.46. The Balaban J connectivity index is 1.95. The van der Waals surface area contributed by atoms with Crippen LogP contribution in [0, 0.1) is 0 Å². The third-order valence-corrected chi connectivity index (χ3v) is 4.45. The van der Waals surface area contributed by atoms with Gasteiger partial charge in [-0.25, -0.2) is 0 Å². The second-order valence-corrected chi connectivity index (χ2v) is 6.39. The molecule has 2 aliphatic heterocycles. The van der Waals surface area contributed by atoms with Crippen LogP contribution in [0.2, 0.25) is 0 Å². The van der Waals surface area contributed by atoms with Crippen LogP contribution in [0.1, 0.15) is 40.0 Å². The monoisotopic (exact) mass is 240 g/mol. The van der Waals surface area contributed by atoms with Gasteiger partial charge >= 0.3 is 0 Å². The van der Waals surface area contributed by atoms with Gasteiger partial charge in [-0.1, -0.05) is 6.42 Å². The van der Waals surface area contributed by atoms with Crippen LogP contribution < -0.4 is 0 Å². The van der Waals surface area contributed by atoms with E-state index in [4.69, 9.17) is 4.74 Å². The molecule has 0 radical (unpaired) electrons. The molecule has 17 heavy (non-hydrogen) atoms. The Kier molecular flexibility index (Phi) is 4.11. The van der Waals surface area contributed by atoms with Crippen LogP contribution in [-0.2, 0) is 4.74 Å². The zero-order valence-corrected chi connectivity index (χ0v) is 11.9. The second kappa shape index (κ2) is 5.25. The fourth-order valence-corrected chi connectivity index (χ4v) is 3.19. The summed E-state index contributed by atoms with van der Waals surface area (Å²) in [5.74, 6) is 0. The highest BCUT2D eigenvalue weighted by Crippen LogP contribution is 2.25. The molecule has 100 valence electrons. The molecule has 3 nitrogen and oxygen atoms in total. The van der Waals surface area contributed by atoms with E-state index in [1.165, 1.54) is 38.9 Å². The standard InChI is InChI=1S/C14H28N2O/c1-12-9-15-8-6-5-7-13(15)10-16(12)11-14(2,3)17-4/h12-13H,5-11H2,1-4H3. The van der Waals surface area contributed by atoms with Gasteiger partial charge in [0, 0.05) is 38.8 Å². The van der Waals surface area contributed by atoms with E-state index >= 15 is 0 Å². The Bertz CT molecular complexity index is 255. The number of piperidine rings is 1. The first-order valence-corrected chi connectivity index (χ1v) is 7.05. The lowest BCUT2D eigenvalue weighted by molar-refractivity contribution is -0.0510. The van der Waals surface area contributed by atoms with E-state index < -0.39 is 0 Å². The first-order chi connectivity index (χ1) is 8.02. The molecule has 0 aromatic carbocycles. The summed E-state index contributed by atoms with van der Waals surface area (Å²) in [7, 11) is 1.82. The first kappa shape index (κ1) is 13.3. The van der Waals surface area contributed by atoms with Crippen molar-refractivity contribution in [1.82, 2.24) is 9.80 Å². The predicted molar refractivity (Wildman–Crippen MR) is 71.3 cm³/mol. The van der Waals surface area contributed by atoms with E-state index in [0.29, 0.717) is 6.04 Å². The summed E-state index contributed by atoms with van der Waals surface area (Å²) in [5, 5.41) is 0. The highest BCUT2D eigenvalue weighted by atomic mass is 16.5. The molecule has 0 saturated carbocycles. The van der Waals surface area contributed by atoms with E-state index in [0.717, 1.165) is 12.6 Å². The number of ether oxygens (including phenoxy) is 1. The van der Waals surface area contributed by atoms with Gasteiger partial charge < -0.3 is 4.74 Å². The van der Waals surface area contributed by atoms with Gasteiger partial charge in [0.2, 0.25) is 0 Å². The van der Waals surface area contributed by atoms with Gasteiger partial charge in [0.25, 0.3) is 0 Å². The van der Waals surface area contributed by atoms with Crippen molar-refractivity contribution in [3.63, 3.8) is 0 Å². The maximum absolute atomic E-state index is 5.57. The Labute approximate surface area is 106 Å². The van der Waals surface area contributed by atoms with Crippen LogP contribution in [0.4, 0.5) is 0 Å². The highest BCUT2D eigenvalue weighted by Gasteiger charge is 2.35. The number of nitrogens with zero attached hydrogens (tertiary/aromatic N) is 2. The van der Waals surface area contributed by atoms with Crippen LogP contribution >= 0.6 is 0 Å². The maximum atomic E-state index is 5.57. The number of hydrogen-bond donors (Lipinski definition) is 0. The minimum atomic E-state index is -0.0227. The zero-order chi connectivity index (χ0) is 12.5. The van der Waals surface area contributed by atoms with Gasteiger partial charge in [0.05, 0.1) is 5.60 Å². The topological polar surface area (TPSA) is 15.7 Å². The zero-order valence-electron chi connectivity index (χ0n) is 11.9. The van der Waals surface area contributed by atoms with Crippen molar-refractivity contribution in [3.8, 4) is 0 Å². The molecule has 2 unspecified atom stereocenters. The van der Waals surface area contributed by atoms with Crippen LogP contribution in [0.3, 0.4) is 0 Å². The average molecular weight is 240 g/mol. The number of methoxy groups -OCH3 is 1. The maximum Gasteiger partial charge on any atom is 0.0749 e. The number of fused-ring (bicyclic) bond motifs is 1. The largest absolute Gasteiger partial charge is 0.377 e. The molecule has 2 saturated heterocycles. The van der Waals surface area contributed by atoms with Gasteiger partial charge in [0.15, 0.2) is 0 Å². The smallest absolute Gasteiger partial charge is 0.0749 e. The summed E-state index contributed by atoms with van der Waals surface area (Å²) < 4.78 is 5.57. The third kappa shape index (κ3) is 3.21. The molecule has 0 spiro atoms. The molecule has 2 rings (SSSR count). The summed E-state index contributed by atoms with van der Waals surface area (Å²) in [6.07, 6.45) is 4.19. The third-order valence-electron chi connectivity index (χ3n) is 4.45. The molecule has 0 aliphatic carbocycles. The van der Waals surface area contributed by atoms with Crippen molar-refractivity contribution in [2.75, 3.05) is 33.3 Å². The molecule has 2 atom stereocenters. The number of hydrogen-bond acceptors (Lipinski definition) is 3. The van der Waals surface area contributed by atoms with Crippen molar-refractivity contribution in [2.24, 2.45) is 0 Å². The minimum Gasteiger partial charge on any atom is -0.377 e. The molecule has 2 aliphatic rings. The van der Waals surface area contributed by atoms with Crippen molar-refractivity contribution in [2.45, 2.75) is 57.7 Å². The Hall–Kier alpha value is -0.120.